The summed E-state index contributed by atoms with van der Waals surface area (Å²) in [7, 11) is 0. The molecule has 2 aromatic rings. The minimum atomic E-state index is -0.180. The van der Waals surface area contributed by atoms with E-state index in [4.69, 9.17) is 0 Å². The van der Waals surface area contributed by atoms with Crippen molar-refractivity contribution in [2.75, 3.05) is 23.3 Å². The summed E-state index contributed by atoms with van der Waals surface area (Å²) < 4.78 is 0. The molecule has 6 nitrogen and oxygen atoms in total. The summed E-state index contributed by atoms with van der Waals surface area (Å²) in [5.41, 5.74) is 3.03. The number of hydrogen-bond acceptors (Lipinski definition) is 3. The smallest absolute Gasteiger partial charge is 0.251 e. The maximum absolute atomic E-state index is 12.1. The Kier molecular flexibility index (Phi) is 5.86. The third kappa shape index (κ3) is 4.73. The molecule has 0 atom stereocenters. The Balaban J connectivity index is 1.46. The first-order valence-corrected chi connectivity index (χ1v) is 9.09. The highest BCUT2D eigenvalue weighted by molar-refractivity contribution is 5.97. The number of carbonyl (C=O) groups is 3. The lowest BCUT2D eigenvalue weighted by Gasteiger charge is -2.16. The van der Waals surface area contributed by atoms with Gasteiger partial charge in [-0.25, -0.2) is 0 Å². The van der Waals surface area contributed by atoms with E-state index in [2.05, 4.69) is 10.6 Å². The molecule has 3 amide bonds. The van der Waals surface area contributed by atoms with E-state index in [1.165, 1.54) is 0 Å². The van der Waals surface area contributed by atoms with Crippen LogP contribution in [-0.4, -0.2) is 30.8 Å². The molecule has 0 bridgehead atoms. The fraction of sp³-hybridized carbons (Fsp3) is 0.286. The highest BCUT2D eigenvalue weighted by Crippen LogP contribution is 2.23. The first-order valence-electron chi connectivity index (χ1n) is 9.09. The first-order chi connectivity index (χ1) is 13.0. The molecule has 3 rings (SSSR count). The van der Waals surface area contributed by atoms with Crippen LogP contribution in [0.3, 0.4) is 0 Å². The van der Waals surface area contributed by atoms with Crippen molar-refractivity contribution in [1.29, 1.82) is 0 Å². The summed E-state index contributed by atoms with van der Waals surface area (Å²) >= 11 is 0. The summed E-state index contributed by atoms with van der Waals surface area (Å²) in [5.74, 6) is -0.221. The summed E-state index contributed by atoms with van der Waals surface area (Å²) in [6, 6.07) is 14.6. The van der Waals surface area contributed by atoms with Crippen molar-refractivity contribution in [3.05, 3.63) is 59.7 Å². The number of carbonyl (C=O) groups excluding carboxylic acids is 3. The third-order valence-electron chi connectivity index (χ3n) is 4.56. The minimum absolute atomic E-state index is 0.135. The van der Waals surface area contributed by atoms with E-state index in [0.29, 0.717) is 17.7 Å². The van der Waals surface area contributed by atoms with Gasteiger partial charge in [0.25, 0.3) is 5.91 Å². The Morgan fingerprint density at radius 2 is 1.81 bits per heavy atom. The average molecular weight is 365 g/mol. The SMILES string of the molecule is Cc1ccccc1C(=O)NCCC(=O)Nc1ccc(N2CCCC2=O)cc1. The van der Waals surface area contributed by atoms with Crippen molar-refractivity contribution in [3.8, 4) is 0 Å². The summed E-state index contributed by atoms with van der Waals surface area (Å²) in [5, 5.41) is 5.57. The monoisotopic (exact) mass is 365 g/mol. The number of benzene rings is 2. The quantitative estimate of drug-likeness (QED) is 0.826. The van der Waals surface area contributed by atoms with Crippen LogP contribution in [0.2, 0.25) is 0 Å². The van der Waals surface area contributed by atoms with Crippen LogP contribution in [-0.2, 0) is 9.59 Å². The molecular formula is C21H23N3O3. The topological polar surface area (TPSA) is 78.5 Å². The molecule has 2 aromatic carbocycles. The molecule has 1 saturated heterocycles. The molecule has 0 aromatic heterocycles. The van der Waals surface area contributed by atoms with Gasteiger partial charge in [0.2, 0.25) is 11.8 Å². The van der Waals surface area contributed by atoms with Crippen molar-refractivity contribution in [1.82, 2.24) is 5.32 Å². The second kappa shape index (κ2) is 8.49. The Hall–Kier alpha value is -3.15. The van der Waals surface area contributed by atoms with Crippen LogP contribution >= 0.6 is 0 Å². The van der Waals surface area contributed by atoms with Gasteiger partial charge in [0, 0.05) is 42.9 Å². The van der Waals surface area contributed by atoms with Crippen LogP contribution in [0.15, 0.2) is 48.5 Å². The molecule has 1 aliphatic rings. The minimum Gasteiger partial charge on any atom is -0.352 e. The average Bonchev–Trinajstić information content (AvgIpc) is 3.08. The normalized spacial score (nSPS) is 13.5. The standard InChI is InChI=1S/C21H23N3O3/c1-15-5-2-3-6-18(15)21(27)22-13-12-19(25)23-16-8-10-17(11-9-16)24-14-4-7-20(24)26/h2-3,5-6,8-11H,4,7,12-14H2,1H3,(H,22,27)(H,23,25). The third-order valence-corrected chi connectivity index (χ3v) is 4.56. The molecule has 1 aliphatic heterocycles. The van der Waals surface area contributed by atoms with Crippen LogP contribution in [0.5, 0.6) is 0 Å². The van der Waals surface area contributed by atoms with Crippen molar-refractivity contribution in [2.45, 2.75) is 26.2 Å². The molecule has 6 heteroatoms. The Bertz CT molecular complexity index is 846. The predicted octanol–water partition coefficient (Wildman–Crippen LogP) is 2.88. The fourth-order valence-corrected chi connectivity index (χ4v) is 3.08. The van der Waals surface area contributed by atoms with Gasteiger partial charge in [0.15, 0.2) is 0 Å². The van der Waals surface area contributed by atoms with Crippen LogP contribution in [0, 0.1) is 6.92 Å². The Labute approximate surface area is 158 Å². The van der Waals surface area contributed by atoms with Gasteiger partial charge in [-0.15, -0.1) is 0 Å². The zero-order valence-electron chi connectivity index (χ0n) is 15.3. The van der Waals surface area contributed by atoms with E-state index in [9.17, 15) is 14.4 Å². The maximum Gasteiger partial charge on any atom is 0.251 e. The molecule has 0 saturated carbocycles. The van der Waals surface area contributed by atoms with E-state index >= 15 is 0 Å². The lowest BCUT2D eigenvalue weighted by molar-refractivity contribution is -0.117. The fourth-order valence-electron chi connectivity index (χ4n) is 3.08. The second-order valence-electron chi connectivity index (χ2n) is 6.56. The van der Waals surface area contributed by atoms with E-state index in [-0.39, 0.29) is 30.7 Å². The van der Waals surface area contributed by atoms with E-state index in [1.54, 1.807) is 23.1 Å². The van der Waals surface area contributed by atoms with Gasteiger partial charge in [0.1, 0.15) is 0 Å². The van der Waals surface area contributed by atoms with Gasteiger partial charge in [-0.05, 0) is 49.2 Å². The van der Waals surface area contributed by atoms with Gasteiger partial charge in [-0.2, -0.15) is 0 Å². The second-order valence-corrected chi connectivity index (χ2v) is 6.56. The number of nitrogens with one attached hydrogen (secondary N) is 2. The summed E-state index contributed by atoms with van der Waals surface area (Å²) in [6.45, 7) is 2.88. The zero-order chi connectivity index (χ0) is 19.2. The molecule has 1 heterocycles. The summed E-state index contributed by atoms with van der Waals surface area (Å²) in [6.07, 6.45) is 1.66. The molecule has 0 radical (unpaired) electrons. The Morgan fingerprint density at radius 3 is 2.48 bits per heavy atom. The van der Waals surface area contributed by atoms with Crippen LogP contribution in [0.1, 0.15) is 35.2 Å². The summed E-state index contributed by atoms with van der Waals surface area (Å²) in [4.78, 5) is 37.7. The number of hydrogen-bond donors (Lipinski definition) is 2. The van der Waals surface area contributed by atoms with E-state index in [1.807, 2.05) is 37.3 Å². The lowest BCUT2D eigenvalue weighted by atomic mass is 10.1. The molecule has 1 fully saturated rings. The van der Waals surface area contributed by atoms with Crippen molar-refractivity contribution >= 4 is 29.1 Å². The van der Waals surface area contributed by atoms with E-state index in [0.717, 1.165) is 24.2 Å². The zero-order valence-corrected chi connectivity index (χ0v) is 15.3. The highest BCUT2D eigenvalue weighted by atomic mass is 16.2. The number of nitrogens with zero attached hydrogens (tertiary/aromatic N) is 1. The van der Waals surface area contributed by atoms with Gasteiger partial charge < -0.3 is 15.5 Å². The predicted molar refractivity (Wildman–Crippen MR) is 105 cm³/mol. The maximum atomic E-state index is 12.1. The molecule has 27 heavy (non-hydrogen) atoms. The molecule has 0 unspecified atom stereocenters. The van der Waals surface area contributed by atoms with Gasteiger partial charge in [-0.3, -0.25) is 14.4 Å². The number of amides is 3. The molecule has 2 N–H and O–H groups in total. The van der Waals surface area contributed by atoms with Crippen LogP contribution in [0.4, 0.5) is 11.4 Å². The lowest BCUT2D eigenvalue weighted by Crippen LogP contribution is -2.28. The Morgan fingerprint density at radius 1 is 1.07 bits per heavy atom. The number of rotatable bonds is 6. The largest absolute Gasteiger partial charge is 0.352 e. The van der Waals surface area contributed by atoms with E-state index < -0.39 is 0 Å². The van der Waals surface area contributed by atoms with Crippen LogP contribution < -0.4 is 15.5 Å². The highest BCUT2D eigenvalue weighted by Gasteiger charge is 2.21. The molecule has 0 spiro atoms. The van der Waals surface area contributed by atoms with Crippen molar-refractivity contribution in [2.24, 2.45) is 0 Å². The number of aryl methyl sites for hydroxylation is 1. The van der Waals surface area contributed by atoms with Gasteiger partial charge >= 0.3 is 0 Å². The number of anilines is 2. The molecular weight excluding hydrogens is 342 g/mol. The van der Waals surface area contributed by atoms with Crippen LogP contribution in [0.25, 0.3) is 0 Å². The first kappa shape index (κ1) is 18.6. The molecule has 140 valence electrons. The van der Waals surface area contributed by atoms with Crippen molar-refractivity contribution < 1.29 is 14.4 Å². The molecule has 0 aliphatic carbocycles. The van der Waals surface area contributed by atoms with Gasteiger partial charge in [0.05, 0.1) is 0 Å². The van der Waals surface area contributed by atoms with Crippen molar-refractivity contribution in [3.63, 3.8) is 0 Å². The van der Waals surface area contributed by atoms with Gasteiger partial charge in [-0.1, -0.05) is 18.2 Å².